The average molecular weight is 328 g/mol. The van der Waals surface area contributed by atoms with Gasteiger partial charge in [-0.2, -0.15) is 0 Å². The lowest BCUT2D eigenvalue weighted by Crippen LogP contribution is -2.49. The molecule has 1 rings (SSSR count). The van der Waals surface area contributed by atoms with E-state index in [9.17, 15) is 12.8 Å². The minimum absolute atomic E-state index is 0.0367. The molecule has 0 aliphatic carbocycles. The lowest BCUT2D eigenvalue weighted by molar-refractivity contribution is 0.499. The summed E-state index contributed by atoms with van der Waals surface area (Å²) in [5, 5.41) is 0. The standard InChI is InChI=1S/C12H16Cl2FNO2S/c1-8-4-10(15)5-9(2)11(8)19(17,18)16-12(3,6-13)7-14/h4-5,16H,6-7H2,1-3H3. The molecule has 0 atom stereocenters. The van der Waals surface area contributed by atoms with Gasteiger partial charge in [-0.3, -0.25) is 0 Å². The Kier molecular flexibility index (Phi) is 5.23. The van der Waals surface area contributed by atoms with E-state index in [4.69, 9.17) is 23.2 Å². The highest BCUT2D eigenvalue weighted by Crippen LogP contribution is 2.23. The van der Waals surface area contributed by atoms with E-state index in [2.05, 4.69) is 4.72 Å². The number of sulfonamides is 1. The van der Waals surface area contributed by atoms with Crippen molar-refractivity contribution >= 4 is 33.2 Å². The second-order valence-corrected chi connectivity index (χ2v) is 6.96. The van der Waals surface area contributed by atoms with E-state index >= 15 is 0 Å². The molecule has 0 unspecified atom stereocenters. The van der Waals surface area contributed by atoms with Gasteiger partial charge in [-0.1, -0.05) is 0 Å². The molecule has 0 aliphatic heterocycles. The van der Waals surface area contributed by atoms with E-state index in [-0.39, 0.29) is 16.7 Å². The summed E-state index contributed by atoms with van der Waals surface area (Å²) in [6, 6.07) is 2.36. The van der Waals surface area contributed by atoms with E-state index in [0.29, 0.717) is 11.1 Å². The van der Waals surface area contributed by atoms with Crippen LogP contribution in [0.4, 0.5) is 4.39 Å². The van der Waals surface area contributed by atoms with Crippen LogP contribution >= 0.6 is 23.2 Å². The second-order valence-electron chi connectivity index (χ2n) is 4.80. The van der Waals surface area contributed by atoms with Crippen molar-refractivity contribution in [3.8, 4) is 0 Å². The van der Waals surface area contributed by atoms with Crippen molar-refractivity contribution in [2.75, 3.05) is 11.8 Å². The molecule has 0 saturated heterocycles. The molecular weight excluding hydrogens is 312 g/mol. The molecule has 1 aromatic rings. The number of halogens is 3. The van der Waals surface area contributed by atoms with Crippen LogP contribution in [0.15, 0.2) is 17.0 Å². The molecule has 0 aromatic heterocycles. The molecule has 19 heavy (non-hydrogen) atoms. The molecule has 0 aliphatic rings. The van der Waals surface area contributed by atoms with Gasteiger partial charge in [-0.15, -0.1) is 23.2 Å². The Morgan fingerprint density at radius 3 is 2.00 bits per heavy atom. The molecule has 0 heterocycles. The van der Waals surface area contributed by atoms with Crippen LogP contribution in [0.5, 0.6) is 0 Å². The first kappa shape index (κ1) is 16.7. The number of nitrogens with one attached hydrogen (secondary N) is 1. The second kappa shape index (κ2) is 5.95. The molecule has 7 heteroatoms. The topological polar surface area (TPSA) is 46.2 Å². The molecule has 0 spiro atoms. The van der Waals surface area contributed by atoms with Crippen LogP contribution in [0, 0.1) is 19.7 Å². The Morgan fingerprint density at radius 1 is 1.21 bits per heavy atom. The van der Waals surface area contributed by atoms with Crippen molar-refractivity contribution in [2.24, 2.45) is 0 Å². The first-order valence-corrected chi connectivity index (χ1v) is 8.13. The first-order valence-electron chi connectivity index (χ1n) is 5.58. The Bertz CT molecular complexity index is 548. The zero-order valence-corrected chi connectivity index (χ0v) is 13.3. The van der Waals surface area contributed by atoms with Gasteiger partial charge in [-0.05, 0) is 44.0 Å². The van der Waals surface area contributed by atoms with Gasteiger partial charge < -0.3 is 0 Å². The van der Waals surface area contributed by atoms with Crippen molar-refractivity contribution in [3.63, 3.8) is 0 Å². The number of aryl methyl sites for hydroxylation is 2. The fraction of sp³-hybridized carbons (Fsp3) is 0.500. The maximum absolute atomic E-state index is 13.2. The zero-order valence-electron chi connectivity index (χ0n) is 10.9. The van der Waals surface area contributed by atoms with Crippen LogP contribution < -0.4 is 4.72 Å². The summed E-state index contributed by atoms with van der Waals surface area (Å²) in [5.74, 6) is -0.393. The fourth-order valence-corrected chi connectivity index (χ4v) is 4.23. The number of rotatable bonds is 5. The molecule has 1 aromatic carbocycles. The summed E-state index contributed by atoms with van der Waals surface area (Å²) >= 11 is 11.5. The highest BCUT2D eigenvalue weighted by molar-refractivity contribution is 7.89. The van der Waals surface area contributed by atoms with Crippen molar-refractivity contribution < 1.29 is 12.8 Å². The van der Waals surface area contributed by atoms with E-state index in [1.54, 1.807) is 20.8 Å². The third kappa shape index (κ3) is 3.81. The lowest BCUT2D eigenvalue weighted by atomic mass is 10.1. The van der Waals surface area contributed by atoms with Crippen LogP contribution in [-0.2, 0) is 10.0 Å². The van der Waals surface area contributed by atoms with Crippen molar-refractivity contribution in [1.82, 2.24) is 4.72 Å². The molecule has 0 saturated carbocycles. The van der Waals surface area contributed by atoms with E-state index < -0.39 is 21.4 Å². The number of hydrogen-bond donors (Lipinski definition) is 1. The summed E-state index contributed by atoms with van der Waals surface area (Å²) in [6.07, 6.45) is 0. The monoisotopic (exact) mass is 327 g/mol. The largest absolute Gasteiger partial charge is 0.241 e. The highest BCUT2D eigenvalue weighted by Gasteiger charge is 2.31. The van der Waals surface area contributed by atoms with Gasteiger partial charge in [0.05, 0.1) is 10.4 Å². The maximum atomic E-state index is 13.2. The minimum Gasteiger partial charge on any atom is -0.207 e. The zero-order chi connectivity index (χ0) is 14.8. The van der Waals surface area contributed by atoms with Crippen LogP contribution in [0.2, 0.25) is 0 Å². The molecule has 3 nitrogen and oxygen atoms in total. The number of benzene rings is 1. The Hall–Kier alpha value is -0.360. The first-order chi connectivity index (χ1) is 8.65. The molecule has 0 amide bonds. The van der Waals surface area contributed by atoms with Crippen LogP contribution in [-0.4, -0.2) is 25.7 Å². The minimum atomic E-state index is -3.81. The summed E-state index contributed by atoms with van der Waals surface area (Å²) in [6.45, 7) is 4.70. The van der Waals surface area contributed by atoms with Gasteiger partial charge in [0, 0.05) is 11.8 Å². The van der Waals surface area contributed by atoms with Gasteiger partial charge in [0.15, 0.2) is 0 Å². The molecule has 0 fully saturated rings. The predicted molar refractivity (Wildman–Crippen MR) is 76.0 cm³/mol. The predicted octanol–water partition coefficient (Wildman–Crippen LogP) is 2.96. The summed E-state index contributed by atoms with van der Waals surface area (Å²) in [5.41, 5.74) is -0.261. The highest BCUT2D eigenvalue weighted by atomic mass is 35.5. The fourth-order valence-electron chi connectivity index (χ4n) is 1.79. The van der Waals surface area contributed by atoms with Crippen LogP contribution in [0.25, 0.3) is 0 Å². The van der Waals surface area contributed by atoms with E-state index in [1.807, 2.05) is 0 Å². The summed E-state index contributed by atoms with van der Waals surface area (Å²) in [7, 11) is -3.81. The van der Waals surface area contributed by atoms with E-state index in [1.165, 1.54) is 12.1 Å². The van der Waals surface area contributed by atoms with Crippen molar-refractivity contribution in [3.05, 3.63) is 29.1 Å². The smallest absolute Gasteiger partial charge is 0.207 e. The SMILES string of the molecule is Cc1cc(F)cc(C)c1S(=O)(=O)NC(C)(CCl)CCl. The Balaban J connectivity index is 3.29. The third-order valence-corrected chi connectivity index (χ3v) is 5.79. The third-order valence-electron chi connectivity index (χ3n) is 2.66. The number of alkyl halides is 2. The summed E-state index contributed by atoms with van der Waals surface area (Å²) in [4.78, 5) is 0.0651. The van der Waals surface area contributed by atoms with Crippen molar-refractivity contribution in [1.29, 1.82) is 0 Å². The molecule has 1 N–H and O–H groups in total. The molecule has 0 bridgehead atoms. The van der Waals surface area contributed by atoms with Crippen LogP contribution in [0.1, 0.15) is 18.1 Å². The Morgan fingerprint density at radius 2 is 1.63 bits per heavy atom. The van der Waals surface area contributed by atoms with Gasteiger partial charge >= 0.3 is 0 Å². The van der Waals surface area contributed by atoms with E-state index in [0.717, 1.165) is 0 Å². The van der Waals surface area contributed by atoms with Gasteiger partial charge in [0.1, 0.15) is 5.82 Å². The van der Waals surface area contributed by atoms with Gasteiger partial charge in [0.25, 0.3) is 0 Å². The lowest BCUT2D eigenvalue weighted by Gasteiger charge is -2.26. The maximum Gasteiger partial charge on any atom is 0.241 e. The molecule has 0 radical (unpaired) electrons. The molecular formula is C12H16Cl2FNO2S. The van der Waals surface area contributed by atoms with Crippen LogP contribution in [0.3, 0.4) is 0 Å². The van der Waals surface area contributed by atoms with Gasteiger partial charge in [0.2, 0.25) is 10.0 Å². The quantitative estimate of drug-likeness (QED) is 0.845. The average Bonchev–Trinajstić information content (AvgIpc) is 2.26. The van der Waals surface area contributed by atoms with Gasteiger partial charge in [-0.25, -0.2) is 17.5 Å². The van der Waals surface area contributed by atoms with Crippen molar-refractivity contribution in [2.45, 2.75) is 31.2 Å². The number of hydrogen-bond acceptors (Lipinski definition) is 2. The Labute approximate surface area is 123 Å². The normalized spacial score (nSPS) is 12.7. The summed E-state index contributed by atoms with van der Waals surface area (Å²) < 4.78 is 40.4. The molecule has 108 valence electrons.